The number of hydrogen-bond donors (Lipinski definition) is 6. The lowest BCUT2D eigenvalue weighted by atomic mass is 9.99. The van der Waals surface area contributed by atoms with Crippen molar-refractivity contribution in [1.29, 1.82) is 0 Å². The van der Waals surface area contributed by atoms with E-state index < -0.39 is 55.3 Å². The molecule has 2 saturated heterocycles. The summed E-state index contributed by atoms with van der Waals surface area (Å²) >= 11 is 0. The van der Waals surface area contributed by atoms with Crippen LogP contribution in [0.25, 0.3) is 0 Å². The third-order valence-electron chi connectivity index (χ3n) is 3.93. The van der Waals surface area contributed by atoms with E-state index in [4.69, 9.17) is 24.7 Å². The molecule has 2 aliphatic rings. The van der Waals surface area contributed by atoms with Gasteiger partial charge in [0.25, 0.3) is 0 Å². The van der Waals surface area contributed by atoms with Crippen LogP contribution in [0.5, 0.6) is 0 Å². The lowest BCUT2D eigenvalue weighted by molar-refractivity contribution is -0.345. The van der Waals surface area contributed by atoms with Gasteiger partial charge in [0.05, 0.1) is 19.3 Å². The van der Waals surface area contributed by atoms with E-state index >= 15 is 0 Å². The highest BCUT2D eigenvalue weighted by atomic mass is 16.7. The van der Waals surface area contributed by atoms with Crippen molar-refractivity contribution in [2.75, 3.05) is 19.8 Å². The highest BCUT2D eigenvalue weighted by Crippen LogP contribution is 2.27. The van der Waals surface area contributed by atoms with E-state index in [0.717, 1.165) is 0 Å². The molecule has 0 aliphatic carbocycles. The summed E-state index contributed by atoms with van der Waals surface area (Å²) in [4.78, 5) is 0. The van der Waals surface area contributed by atoms with Gasteiger partial charge in [0, 0.05) is 6.54 Å². The van der Waals surface area contributed by atoms with Crippen molar-refractivity contribution in [3.63, 3.8) is 0 Å². The molecule has 2 fully saturated rings. The zero-order valence-electron chi connectivity index (χ0n) is 12.8. The van der Waals surface area contributed by atoms with Crippen LogP contribution in [0.15, 0.2) is 0 Å². The van der Waals surface area contributed by atoms with Gasteiger partial charge in [-0.15, -0.1) is 0 Å². The molecule has 0 saturated carbocycles. The topological polar surface area (TPSA) is 164 Å². The van der Waals surface area contributed by atoms with Gasteiger partial charge in [0.15, 0.2) is 12.6 Å². The maximum absolute atomic E-state index is 10.3. The standard InChI is InChI=1S/C13H25NO9/c1-5-7(16)11(10(19)13(22-5)20-3-2-14)23-12-9(18)8(17)6(15)4-21-12/h5-13,15-19H,2-4,14H2,1H3/t5?,6-,7-,8+,9?,10?,11+,12-,13-/m1/s1. The molecule has 9 atom stereocenters. The van der Waals surface area contributed by atoms with Crippen LogP contribution in [0.1, 0.15) is 6.92 Å². The van der Waals surface area contributed by atoms with Gasteiger partial charge in [-0.25, -0.2) is 0 Å². The fourth-order valence-electron chi connectivity index (χ4n) is 2.53. The molecule has 2 rings (SSSR count). The number of nitrogens with two attached hydrogens (primary N) is 1. The van der Waals surface area contributed by atoms with Crippen molar-refractivity contribution >= 4 is 0 Å². The number of rotatable bonds is 5. The summed E-state index contributed by atoms with van der Waals surface area (Å²) in [7, 11) is 0. The van der Waals surface area contributed by atoms with E-state index in [2.05, 4.69) is 0 Å². The third kappa shape index (κ3) is 4.17. The molecule has 0 spiro atoms. The van der Waals surface area contributed by atoms with Crippen LogP contribution in [0.3, 0.4) is 0 Å². The SMILES string of the molecule is CC1O[C@@H](OCCN)C(O)[C@@H](O[C@H]2OC[C@@H](O)[C@H](O)C2O)[C@@H]1O. The Bertz CT molecular complexity index is 373. The average Bonchev–Trinajstić information content (AvgIpc) is 2.53. The summed E-state index contributed by atoms with van der Waals surface area (Å²) in [5.74, 6) is 0. The molecular weight excluding hydrogens is 314 g/mol. The van der Waals surface area contributed by atoms with Gasteiger partial charge in [-0.05, 0) is 6.92 Å². The van der Waals surface area contributed by atoms with E-state index in [9.17, 15) is 25.5 Å². The normalized spacial score (nSPS) is 48.4. The molecule has 3 unspecified atom stereocenters. The van der Waals surface area contributed by atoms with Gasteiger partial charge in [-0.3, -0.25) is 0 Å². The summed E-state index contributed by atoms with van der Waals surface area (Å²) in [6.07, 6.45) is -11.0. The lowest BCUT2D eigenvalue weighted by Gasteiger charge is -2.44. The van der Waals surface area contributed by atoms with Gasteiger partial charge < -0.3 is 50.2 Å². The number of aliphatic hydroxyl groups excluding tert-OH is 5. The zero-order valence-corrected chi connectivity index (χ0v) is 12.8. The van der Waals surface area contributed by atoms with E-state index in [0.29, 0.717) is 0 Å². The van der Waals surface area contributed by atoms with Gasteiger partial charge in [0.2, 0.25) is 0 Å². The molecule has 0 amide bonds. The second kappa shape index (κ2) is 8.12. The highest BCUT2D eigenvalue weighted by molar-refractivity contribution is 4.91. The Morgan fingerprint density at radius 2 is 1.70 bits per heavy atom. The Morgan fingerprint density at radius 3 is 2.35 bits per heavy atom. The third-order valence-corrected chi connectivity index (χ3v) is 3.93. The van der Waals surface area contributed by atoms with Crippen molar-refractivity contribution in [1.82, 2.24) is 0 Å². The lowest BCUT2D eigenvalue weighted by Crippen LogP contribution is -2.62. The first-order valence-corrected chi connectivity index (χ1v) is 7.51. The molecule has 0 aromatic carbocycles. The number of aliphatic hydroxyl groups is 5. The molecule has 0 bridgehead atoms. The molecule has 10 heteroatoms. The quantitative estimate of drug-likeness (QED) is 0.293. The fraction of sp³-hybridized carbons (Fsp3) is 1.00. The van der Waals surface area contributed by atoms with Crippen LogP contribution in [-0.2, 0) is 18.9 Å². The van der Waals surface area contributed by atoms with E-state index in [-0.39, 0.29) is 19.8 Å². The van der Waals surface area contributed by atoms with E-state index in [1.54, 1.807) is 6.92 Å². The van der Waals surface area contributed by atoms with Crippen LogP contribution in [-0.4, -0.2) is 101 Å². The monoisotopic (exact) mass is 339 g/mol. The first-order valence-electron chi connectivity index (χ1n) is 7.51. The average molecular weight is 339 g/mol. The Morgan fingerprint density at radius 1 is 1.00 bits per heavy atom. The van der Waals surface area contributed by atoms with Gasteiger partial charge in [0.1, 0.15) is 36.6 Å². The smallest absolute Gasteiger partial charge is 0.186 e. The summed E-state index contributed by atoms with van der Waals surface area (Å²) in [5, 5.41) is 49.3. The van der Waals surface area contributed by atoms with E-state index in [1.807, 2.05) is 0 Å². The Hall–Kier alpha value is -0.400. The predicted octanol–water partition coefficient (Wildman–Crippen LogP) is -3.75. The molecule has 7 N–H and O–H groups in total. The zero-order chi connectivity index (χ0) is 17.1. The fourth-order valence-corrected chi connectivity index (χ4v) is 2.53. The maximum Gasteiger partial charge on any atom is 0.186 e. The van der Waals surface area contributed by atoms with Crippen molar-refractivity contribution in [2.45, 2.75) is 62.2 Å². The first-order chi connectivity index (χ1) is 10.9. The summed E-state index contributed by atoms with van der Waals surface area (Å²) in [6.45, 7) is 1.69. The molecule has 0 radical (unpaired) electrons. The largest absolute Gasteiger partial charge is 0.388 e. The predicted molar refractivity (Wildman–Crippen MR) is 74.0 cm³/mol. The van der Waals surface area contributed by atoms with Crippen molar-refractivity contribution in [2.24, 2.45) is 5.73 Å². The van der Waals surface area contributed by atoms with Crippen LogP contribution in [0, 0.1) is 0 Å². The molecule has 136 valence electrons. The molecule has 10 nitrogen and oxygen atoms in total. The van der Waals surface area contributed by atoms with Crippen molar-refractivity contribution in [3.8, 4) is 0 Å². The molecular formula is C13H25NO9. The van der Waals surface area contributed by atoms with Gasteiger partial charge in [-0.2, -0.15) is 0 Å². The molecule has 0 aromatic heterocycles. The van der Waals surface area contributed by atoms with Crippen molar-refractivity contribution < 1.29 is 44.5 Å². The van der Waals surface area contributed by atoms with Crippen LogP contribution in [0.2, 0.25) is 0 Å². The molecule has 2 aliphatic heterocycles. The molecule has 0 aromatic rings. The minimum atomic E-state index is -1.53. The maximum atomic E-state index is 10.3. The first kappa shape index (κ1) is 18.9. The minimum Gasteiger partial charge on any atom is -0.388 e. The second-order valence-electron chi connectivity index (χ2n) is 5.70. The minimum absolute atomic E-state index is 0.144. The summed E-state index contributed by atoms with van der Waals surface area (Å²) in [5.41, 5.74) is 5.34. The van der Waals surface area contributed by atoms with E-state index in [1.165, 1.54) is 0 Å². The number of hydrogen-bond acceptors (Lipinski definition) is 10. The Kier molecular flexibility index (Phi) is 6.68. The highest BCUT2D eigenvalue weighted by Gasteiger charge is 2.48. The van der Waals surface area contributed by atoms with Crippen LogP contribution in [0.4, 0.5) is 0 Å². The Balaban J connectivity index is 2.03. The summed E-state index contributed by atoms with van der Waals surface area (Å²) < 4.78 is 21.2. The van der Waals surface area contributed by atoms with Gasteiger partial charge >= 0.3 is 0 Å². The summed E-state index contributed by atoms with van der Waals surface area (Å²) in [6, 6.07) is 0. The molecule has 23 heavy (non-hydrogen) atoms. The van der Waals surface area contributed by atoms with Gasteiger partial charge in [-0.1, -0.05) is 0 Å². The van der Waals surface area contributed by atoms with Crippen molar-refractivity contribution in [3.05, 3.63) is 0 Å². The second-order valence-corrected chi connectivity index (χ2v) is 5.70. The Labute approximate surface area is 133 Å². The molecule has 2 heterocycles. The van der Waals surface area contributed by atoms with Crippen LogP contribution < -0.4 is 5.73 Å². The number of ether oxygens (including phenoxy) is 4. The van der Waals surface area contributed by atoms with Crippen LogP contribution >= 0.6 is 0 Å².